The molecule has 4 heteroatoms. The maximum Gasteiger partial charge on any atom is 0.164 e. The third-order valence-corrected chi connectivity index (χ3v) is 11.0. The monoisotopic (exact) mass is 764 g/mol. The van der Waals surface area contributed by atoms with Crippen LogP contribution in [0.3, 0.4) is 0 Å². The Balaban J connectivity index is 1.06. The quantitative estimate of drug-likeness (QED) is 0.155. The van der Waals surface area contributed by atoms with Gasteiger partial charge in [-0.15, -0.1) is 0 Å². The molecule has 0 bridgehead atoms. The standard InChI is InChI=1S/C56H36N4/c57-37-38-18-20-41(21-19-38)43-24-31-47(32-25-43)55-58-54(46-29-22-42(23-30-46)39-10-3-1-4-11-39)59-56(60-55)48-33-27-45(28-34-48)52-17-9-16-51(44-13-5-2-6-14-44)53(52)50-35-26-40-12-7-8-15-49(40)36-50/h1-36H. The number of fused-ring (bicyclic) bond motifs is 1. The van der Waals surface area contributed by atoms with Gasteiger partial charge < -0.3 is 0 Å². The normalized spacial score (nSPS) is 11.0. The lowest BCUT2D eigenvalue weighted by molar-refractivity contribution is 1.07. The molecule has 0 aliphatic carbocycles. The Morgan fingerprint density at radius 3 is 1.15 bits per heavy atom. The Bertz CT molecular complexity index is 3150. The first-order valence-corrected chi connectivity index (χ1v) is 20.0. The zero-order valence-corrected chi connectivity index (χ0v) is 32.6. The molecule has 0 saturated carbocycles. The molecule has 9 aromatic carbocycles. The SMILES string of the molecule is N#Cc1ccc(-c2ccc(-c3nc(-c4ccc(-c5ccccc5)cc4)nc(-c4ccc(-c5cccc(-c6ccccc6)c5-c5ccc6ccccc6c5)cc4)n3)cc2)cc1. The second-order valence-electron chi connectivity index (χ2n) is 14.7. The molecule has 60 heavy (non-hydrogen) atoms. The van der Waals surface area contributed by atoms with Crippen LogP contribution in [0.25, 0.3) is 101 Å². The van der Waals surface area contributed by atoms with Crippen molar-refractivity contribution in [2.75, 3.05) is 0 Å². The zero-order valence-electron chi connectivity index (χ0n) is 32.6. The van der Waals surface area contributed by atoms with Crippen molar-refractivity contribution in [3.63, 3.8) is 0 Å². The van der Waals surface area contributed by atoms with Crippen LogP contribution in [0.5, 0.6) is 0 Å². The van der Waals surface area contributed by atoms with Crippen LogP contribution in [-0.4, -0.2) is 15.0 Å². The Morgan fingerprint density at radius 1 is 0.283 bits per heavy atom. The van der Waals surface area contributed by atoms with Gasteiger partial charge in [0.25, 0.3) is 0 Å². The minimum absolute atomic E-state index is 0.590. The Labute approximate surface area is 349 Å². The molecular formula is C56H36N4. The predicted molar refractivity (Wildman–Crippen MR) is 246 cm³/mol. The topological polar surface area (TPSA) is 62.5 Å². The van der Waals surface area contributed by atoms with Crippen LogP contribution in [0.15, 0.2) is 218 Å². The van der Waals surface area contributed by atoms with Gasteiger partial charge in [-0.1, -0.05) is 200 Å². The van der Waals surface area contributed by atoms with Crippen molar-refractivity contribution in [3.05, 3.63) is 224 Å². The molecule has 0 spiro atoms. The second kappa shape index (κ2) is 15.9. The van der Waals surface area contributed by atoms with Crippen molar-refractivity contribution >= 4 is 10.8 Å². The highest BCUT2D eigenvalue weighted by atomic mass is 15.0. The minimum atomic E-state index is 0.590. The number of nitrogens with zero attached hydrogens (tertiary/aromatic N) is 4. The summed E-state index contributed by atoms with van der Waals surface area (Å²) in [4.78, 5) is 15.2. The highest BCUT2D eigenvalue weighted by Gasteiger charge is 2.17. The van der Waals surface area contributed by atoms with Gasteiger partial charge in [0.15, 0.2) is 17.5 Å². The molecule has 0 amide bonds. The maximum absolute atomic E-state index is 9.27. The van der Waals surface area contributed by atoms with Crippen molar-refractivity contribution in [2.45, 2.75) is 0 Å². The number of rotatable bonds is 8. The Morgan fingerprint density at radius 2 is 0.650 bits per heavy atom. The van der Waals surface area contributed by atoms with Gasteiger partial charge in [-0.2, -0.15) is 5.26 Å². The van der Waals surface area contributed by atoms with E-state index in [4.69, 9.17) is 15.0 Å². The molecule has 0 aliphatic heterocycles. The van der Waals surface area contributed by atoms with Crippen LogP contribution < -0.4 is 0 Å². The van der Waals surface area contributed by atoms with Crippen molar-refractivity contribution in [1.29, 1.82) is 5.26 Å². The zero-order chi connectivity index (χ0) is 40.3. The van der Waals surface area contributed by atoms with E-state index in [0.717, 1.165) is 50.1 Å². The third kappa shape index (κ3) is 7.24. The van der Waals surface area contributed by atoms with Crippen LogP contribution in [0.2, 0.25) is 0 Å². The molecule has 1 aromatic heterocycles. The lowest BCUT2D eigenvalue weighted by Gasteiger charge is -2.17. The molecule has 0 unspecified atom stereocenters. The molecule has 0 saturated heterocycles. The minimum Gasteiger partial charge on any atom is -0.208 e. The van der Waals surface area contributed by atoms with Gasteiger partial charge in [-0.05, 0) is 84.6 Å². The fraction of sp³-hybridized carbons (Fsp3) is 0. The molecule has 0 fully saturated rings. The largest absolute Gasteiger partial charge is 0.208 e. The summed E-state index contributed by atoms with van der Waals surface area (Å²) in [7, 11) is 0. The molecular weight excluding hydrogens is 729 g/mol. The van der Waals surface area contributed by atoms with Crippen LogP contribution in [-0.2, 0) is 0 Å². The van der Waals surface area contributed by atoms with E-state index in [-0.39, 0.29) is 0 Å². The van der Waals surface area contributed by atoms with E-state index < -0.39 is 0 Å². The summed E-state index contributed by atoms with van der Waals surface area (Å²) in [6, 6.07) is 77.8. The van der Waals surface area contributed by atoms with Gasteiger partial charge in [0, 0.05) is 16.7 Å². The van der Waals surface area contributed by atoms with Crippen LogP contribution in [0.1, 0.15) is 5.56 Å². The van der Waals surface area contributed by atoms with Gasteiger partial charge in [0.2, 0.25) is 0 Å². The second-order valence-corrected chi connectivity index (χ2v) is 14.7. The van der Waals surface area contributed by atoms with Gasteiger partial charge in [-0.3, -0.25) is 0 Å². The smallest absolute Gasteiger partial charge is 0.164 e. The number of hydrogen-bond donors (Lipinski definition) is 0. The van der Waals surface area contributed by atoms with E-state index in [1.165, 1.54) is 33.0 Å². The van der Waals surface area contributed by atoms with Crippen molar-refractivity contribution < 1.29 is 0 Å². The first kappa shape index (κ1) is 36.1. The molecule has 4 nitrogen and oxygen atoms in total. The fourth-order valence-electron chi connectivity index (χ4n) is 7.86. The van der Waals surface area contributed by atoms with E-state index in [0.29, 0.717) is 23.0 Å². The van der Waals surface area contributed by atoms with E-state index >= 15 is 0 Å². The summed E-state index contributed by atoms with van der Waals surface area (Å²) in [5.74, 6) is 1.79. The lowest BCUT2D eigenvalue weighted by atomic mass is 9.87. The fourth-order valence-corrected chi connectivity index (χ4v) is 7.86. The third-order valence-electron chi connectivity index (χ3n) is 11.0. The molecule has 0 aliphatic rings. The van der Waals surface area contributed by atoms with Gasteiger partial charge in [0.05, 0.1) is 11.6 Å². The first-order chi connectivity index (χ1) is 29.7. The molecule has 0 radical (unpaired) electrons. The van der Waals surface area contributed by atoms with E-state index in [9.17, 15) is 5.26 Å². The van der Waals surface area contributed by atoms with E-state index in [1.54, 1.807) is 0 Å². The lowest BCUT2D eigenvalue weighted by Crippen LogP contribution is -2.00. The summed E-state index contributed by atoms with van der Waals surface area (Å²) >= 11 is 0. The summed E-state index contributed by atoms with van der Waals surface area (Å²) in [6.45, 7) is 0. The average Bonchev–Trinajstić information content (AvgIpc) is 3.34. The number of hydrogen-bond acceptors (Lipinski definition) is 4. The molecule has 10 aromatic rings. The maximum atomic E-state index is 9.27. The van der Waals surface area contributed by atoms with Gasteiger partial charge >= 0.3 is 0 Å². The summed E-state index contributed by atoms with van der Waals surface area (Å²) in [5.41, 5.74) is 14.6. The van der Waals surface area contributed by atoms with Gasteiger partial charge in [-0.25, -0.2) is 15.0 Å². The van der Waals surface area contributed by atoms with Crippen LogP contribution in [0, 0.1) is 11.3 Å². The summed E-state index contributed by atoms with van der Waals surface area (Å²) < 4.78 is 0. The Kier molecular flexibility index (Phi) is 9.59. The molecule has 0 N–H and O–H groups in total. The first-order valence-electron chi connectivity index (χ1n) is 20.0. The predicted octanol–water partition coefficient (Wildman–Crippen LogP) is 14.2. The van der Waals surface area contributed by atoms with Gasteiger partial charge in [0.1, 0.15) is 0 Å². The highest BCUT2D eigenvalue weighted by molar-refractivity contribution is 5.98. The molecule has 0 atom stereocenters. The Hall–Kier alpha value is -8.26. The molecule has 10 rings (SSSR count). The van der Waals surface area contributed by atoms with Crippen molar-refractivity contribution in [2.24, 2.45) is 0 Å². The average molecular weight is 765 g/mol. The molecule has 280 valence electrons. The number of aromatic nitrogens is 3. The number of nitriles is 1. The summed E-state index contributed by atoms with van der Waals surface area (Å²) in [5, 5.41) is 11.7. The number of benzene rings is 9. The van der Waals surface area contributed by atoms with Crippen LogP contribution >= 0.6 is 0 Å². The summed E-state index contributed by atoms with van der Waals surface area (Å²) in [6.07, 6.45) is 0. The molecule has 1 heterocycles. The van der Waals surface area contributed by atoms with Crippen molar-refractivity contribution in [3.8, 4) is 95.9 Å². The van der Waals surface area contributed by atoms with Crippen LogP contribution in [0.4, 0.5) is 0 Å². The van der Waals surface area contributed by atoms with E-state index in [2.05, 4.69) is 182 Å². The van der Waals surface area contributed by atoms with E-state index in [1.807, 2.05) is 42.5 Å². The van der Waals surface area contributed by atoms with Crippen molar-refractivity contribution in [1.82, 2.24) is 15.0 Å². The highest BCUT2D eigenvalue weighted by Crippen LogP contribution is 2.41.